The number of carbonyl (C=O) groups is 1. The summed E-state index contributed by atoms with van der Waals surface area (Å²) in [6, 6.07) is 16.5. The van der Waals surface area contributed by atoms with Crippen LogP contribution in [-0.2, 0) is 9.53 Å². The zero-order valence-corrected chi connectivity index (χ0v) is 11.2. The lowest BCUT2D eigenvalue weighted by Gasteiger charge is -1.99. The van der Waals surface area contributed by atoms with Crippen molar-refractivity contribution in [2.75, 3.05) is 0 Å². The third kappa shape index (κ3) is 2.49. The van der Waals surface area contributed by atoms with Gasteiger partial charge in [-0.05, 0) is 12.1 Å². The molecule has 0 unspecified atom stereocenters. The number of esters is 1. The summed E-state index contributed by atoms with van der Waals surface area (Å²) in [5.41, 5.74) is 1.63. The molecular weight excluding hydrogens is 274 g/mol. The van der Waals surface area contributed by atoms with Crippen LogP contribution in [0, 0.1) is 0 Å². The van der Waals surface area contributed by atoms with E-state index < -0.39 is 5.97 Å². The zero-order chi connectivity index (χ0) is 13.9. The van der Waals surface area contributed by atoms with E-state index in [9.17, 15) is 4.79 Å². The van der Waals surface area contributed by atoms with Gasteiger partial charge in [-0.25, -0.2) is 9.79 Å². The predicted molar refractivity (Wildman–Crippen MR) is 79.1 cm³/mol. The second-order valence-electron chi connectivity index (χ2n) is 4.21. The Morgan fingerprint density at radius 2 is 1.65 bits per heavy atom. The molecule has 0 atom stereocenters. The maximum atomic E-state index is 11.8. The van der Waals surface area contributed by atoms with Crippen molar-refractivity contribution in [1.29, 1.82) is 0 Å². The van der Waals surface area contributed by atoms with Gasteiger partial charge in [0.1, 0.15) is 5.76 Å². The monoisotopic (exact) mass is 283 g/mol. The summed E-state index contributed by atoms with van der Waals surface area (Å²) < 4.78 is 5.22. The molecule has 20 heavy (non-hydrogen) atoms. The molecule has 1 aliphatic heterocycles. The van der Waals surface area contributed by atoms with Gasteiger partial charge >= 0.3 is 5.97 Å². The molecule has 0 aliphatic carbocycles. The molecule has 0 saturated heterocycles. The van der Waals surface area contributed by atoms with Gasteiger partial charge in [0.05, 0.1) is 10.7 Å². The van der Waals surface area contributed by atoms with Gasteiger partial charge in [-0.15, -0.1) is 0 Å². The zero-order valence-electron chi connectivity index (χ0n) is 10.4. The molecule has 2 aromatic carbocycles. The van der Waals surface area contributed by atoms with E-state index in [1.54, 1.807) is 18.2 Å². The van der Waals surface area contributed by atoms with Gasteiger partial charge in [0.15, 0.2) is 5.71 Å². The van der Waals surface area contributed by atoms with Crippen molar-refractivity contribution in [2.45, 2.75) is 0 Å². The minimum Gasteiger partial charge on any atom is -0.421 e. The molecule has 2 aromatic rings. The van der Waals surface area contributed by atoms with E-state index in [0.717, 1.165) is 5.56 Å². The van der Waals surface area contributed by atoms with Crippen molar-refractivity contribution in [1.82, 2.24) is 0 Å². The third-order valence-corrected chi connectivity index (χ3v) is 3.15. The molecular formula is C16H10ClNO2. The van der Waals surface area contributed by atoms with Crippen LogP contribution >= 0.6 is 11.6 Å². The first-order valence-corrected chi connectivity index (χ1v) is 6.44. The van der Waals surface area contributed by atoms with Crippen molar-refractivity contribution >= 4 is 34.7 Å². The van der Waals surface area contributed by atoms with Crippen LogP contribution < -0.4 is 0 Å². The second kappa shape index (κ2) is 5.31. The number of para-hydroxylation sites is 1. The number of aliphatic imine (C=N–C) groups is 1. The first kappa shape index (κ1) is 12.6. The van der Waals surface area contributed by atoms with Gasteiger partial charge in [0.2, 0.25) is 0 Å². The highest BCUT2D eigenvalue weighted by Crippen LogP contribution is 2.27. The van der Waals surface area contributed by atoms with Gasteiger partial charge in [0.25, 0.3) is 0 Å². The lowest BCUT2D eigenvalue weighted by atomic mass is 10.2. The quantitative estimate of drug-likeness (QED) is 0.781. The molecule has 4 heteroatoms. The summed E-state index contributed by atoms with van der Waals surface area (Å²) >= 11 is 6.02. The Morgan fingerprint density at radius 3 is 2.40 bits per heavy atom. The molecule has 0 bridgehead atoms. The number of hydrogen-bond donors (Lipinski definition) is 0. The van der Waals surface area contributed by atoms with Crippen molar-refractivity contribution in [3.63, 3.8) is 0 Å². The average molecular weight is 284 g/mol. The highest BCUT2D eigenvalue weighted by Gasteiger charge is 2.23. The normalized spacial score (nSPS) is 16.1. The summed E-state index contributed by atoms with van der Waals surface area (Å²) in [5, 5.41) is 0.495. The van der Waals surface area contributed by atoms with Crippen LogP contribution in [0.25, 0.3) is 5.76 Å². The highest BCUT2D eigenvalue weighted by molar-refractivity contribution is 6.46. The summed E-state index contributed by atoms with van der Waals surface area (Å²) in [7, 11) is 0. The Hall–Kier alpha value is -2.39. The lowest BCUT2D eigenvalue weighted by Crippen LogP contribution is -2.06. The van der Waals surface area contributed by atoms with Crippen molar-refractivity contribution in [3.05, 3.63) is 71.3 Å². The van der Waals surface area contributed by atoms with E-state index in [1.807, 2.05) is 42.5 Å². The predicted octanol–water partition coefficient (Wildman–Crippen LogP) is 4.01. The van der Waals surface area contributed by atoms with Gasteiger partial charge in [-0.2, -0.15) is 0 Å². The van der Waals surface area contributed by atoms with Crippen LogP contribution in [0.5, 0.6) is 0 Å². The topological polar surface area (TPSA) is 38.7 Å². The number of hydrogen-bond acceptors (Lipinski definition) is 3. The van der Waals surface area contributed by atoms with Gasteiger partial charge in [0, 0.05) is 11.6 Å². The number of benzene rings is 2. The van der Waals surface area contributed by atoms with E-state index >= 15 is 0 Å². The van der Waals surface area contributed by atoms with Gasteiger partial charge < -0.3 is 4.74 Å². The largest absolute Gasteiger partial charge is 0.421 e. The van der Waals surface area contributed by atoms with Gasteiger partial charge in [-0.1, -0.05) is 54.1 Å². The maximum Gasteiger partial charge on any atom is 0.362 e. The minimum absolute atomic E-state index is 0.247. The Balaban J connectivity index is 1.97. The average Bonchev–Trinajstić information content (AvgIpc) is 2.84. The Bertz CT molecular complexity index is 720. The maximum absolute atomic E-state index is 11.8. The van der Waals surface area contributed by atoms with E-state index in [4.69, 9.17) is 16.3 Å². The molecule has 0 N–H and O–H groups in total. The summed E-state index contributed by atoms with van der Waals surface area (Å²) in [4.78, 5) is 16.1. The highest BCUT2D eigenvalue weighted by atomic mass is 35.5. The van der Waals surface area contributed by atoms with E-state index in [0.29, 0.717) is 16.5 Å². The fourth-order valence-electron chi connectivity index (χ4n) is 1.86. The SMILES string of the molecule is O=C1OC(c2ccccc2)=CC1=Nc1ccccc1Cl. The fourth-order valence-corrected chi connectivity index (χ4v) is 2.04. The summed E-state index contributed by atoms with van der Waals surface area (Å²) in [5.74, 6) is 0.0326. The number of ether oxygens (including phenoxy) is 1. The number of cyclic esters (lactones) is 1. The Morgan fingerprint density at radius 1 is 0.950 bits per heavy atom. The first-order valence-electron chi connectivity index (χ1n) is 6.06. The number of halogens is 1. The van der Waals surface area contributed by atoms with Crippen LogP contribution in [-0.4, -0.2) is 11.7 Å². The van der Waals surface area contributed by atoms with Crippen LogP contribution in [0.2, 0.25) is 5.02 Å². The summed E-state index contributed by atoms with van der Waals surface area (Å²) in [6.45, 7) is 0. The summed E-state index contributed by atoms with van der Waals surface area (Å²) in [6.07, 6.45) is 1.63. The molecule has 3 rings (SSSR count). The second-order valence-corrected chi connectivity index (χ2v) is 4.62. The van der Waals surface area contributed by atoms with Crippen LogP contribution in [0.1, 0.15) is 5.56 Å². The molecule has 1 aliphatic rings. The van der Waals surface area contributed by atoms with Crippen molar-refractivity contribution < 1.29 is 9.53 Å². The van der Waals surface area contributed by atoms with E-state index in [-0.39, 0.29) is 5.71 Å². The van der Waals surface area contributed by atoms with Crippen LogP contribution in [0.3, 0.4) is 0 Å². The van der Waals surface area contributed by atoms with E-state index in [1.165, 1.54) is 0 Å². The van der Waals surface area contributed by atoms with Crippen molar-refractivity contribution in [3.8, 4) is 0 Å². The molecule has 0 radical (unpaired) electrons. The fraction of sp³-hybridized carbons (Fsp3) is 0. The molecule has 0 spiro atoms. The van der Waals surface area contributed by atoms with Crippen molar-refractivity contribution in [2.24, 2.45) is 4.99 Å². The van der Waals surface area contributed by atoms with Crippen LogP contribution in [0.4, 0.5) is 5.69 Å². The number of carbonyl (C=O) groups excluding carboxylic acids is 1. The molecule has 1 heterocycles. The number of nitrogens with zero attached hydrogens (tertiary/aromatic N) is 1. The van der Waals surface area contributed by atoms with Crippen LogP contribution in [0.15, 0.2) is 65.7 Å². The van der Waals surface area contributed by atoms with E-state index in [2.05, 4.69) is 4.99 Å². The molecule has 98 valence electrons. The third-order valence-electron chi connectivity index (χ3n) is 2.83. The molecule has 0 aromatic heterocycles. The molecule has 3 nitrogen and oxygen atoms in total. The molecule has 0 saturated carbocycles. The smallest absolute Gasteiger partial charge is 0.362 e. The van der Waals surface area contributed by atoms with Gasteiger partial charge in [-0.3, -0.25) is 0 Å². The number of rotatable bonds is 2. The molecule has 0 amide bonds. The minimum atomic E-state index is -0.469. The Labute approximate surface area is 121 Å². The Kier molecular flexibility index (Phi) is 3.35. The first-order chi connectivity index (χ1) is 9.74. The molecule has 0 fully saturated rings. The lowest BCUT2D eigenvalue weighted by molar-refractivity contribution is -0.128. The standard InChI is InChI=1S/C16H10ClNO2/c17-12-8-4-5-9-13(12)18-14-10-15(20-16(14)19)11-6-2-1-3-7-11/h1-10H.